The van der Waals surface area contributed by atoms with E-state index < -0.39 is 0 Å². The molecule has 100 valence electrons. The minimum absolute atomic E-state index is 0. The Morgan fingerprint density at radius 2 is 1.72 bits per heavy atom. The van der Waals surface area contributed by atoms with Crippen LogP contribution in [-0.4, -0.2) is 0 Å². The van der Waals surface area contributed by atoms with Crippen LogP contribution in [0.2, 0.25) is 0 Å². The van der Waals surface area contributed by atoms with Gasteiger partial charge in [-0.05, 0) is 34.7 Å². The van der Waals surface area contributed by atoms with Crippen LogP contribution in [0.1, 0.15) is 10.4 Å². The number of halogens is 3. The Labute approximate surface area is 122 Å². The summed E-state index contributed by atoms with van der Waals surface area (Å²) in [6.45, 7) is 0.753. The first-order valence-electron chi connectivity index (χ1n) is 5.01. The minimum Gasteiger partial charge on any atom is -0.326 e. The zero-order valence-corrected chi connectivity index (χ0v) is 12.0. The smallest absolute Gasteiger partial charge is 0.127 e. The molecule has 0 saturated carbocycles. The number of nitrogens with two attached hydrogens (primary N) is 2. The minimum atomic E-state index is -0.250. The van der Waals surface area contributed by atoms with Crippen molar-refractivity contribution < 1.29 is 4.39 Å². The highest BCUT2D eigenvalue weighted by Crippen LogP contribution is 2.26. The summed E-state index contributed by atoms with van der Waals surface area (Å²) in [5.74, 6) is -0.250. The zero-order valence-electron chi connectivity index (χ0n) is 9.56. The number of rotatable bonds is 3. The molecule has 1 aromatic heterocycles. The van der Waals surface area contributed by atoms with E-state index in [2.05, 4.69) is 0 Å². The lowest BCUT2D eigenvalue weighted by Crippen LogP contribution is -1.99. The summed E-state index contributed by atoms with van der Waals surface area (Å²) in [5, 5.41) is 2.02. The summed E-state index contributed by atoms with van der Waals surface area (Å²) in [6, 6.07) is 7.03. The van der Waals surface area contributed by atoms with Gasteiger partial charge in [-0.1, -0.05) is 6.07 Å². The molecular formula is C12H15Cl2FN2S. The van der Waals surface area contributed by atoms with Crippen molar-refractivity contribution in [1.82, 2.24) is 0 Å². The lowest BCUT2D eigenvalue weighted by molar-refractivity contribution is 0.611. The maximum absolute atomic E-state index is 13.3. The maximum atomic E-state index is 13.3. The van der Waals surface area contributed by atoms with Crippen molar-refractivity contribution in [3.05, 3.63) is 45.9 Å². The molecule has 0 aliphatic rings. The normalized spacial score (nSPS) is 9.50. The topological polar surface area (TPSA) is 52.0 Å². The van der Waals surface area contributed by atoms with Gasteiger partial charge in [0.25, 0.3) is 0 Å². The first-order chi connectivity index (χ1) is 7.74. The first kappa shape index (κ1) is 17.4. The van der Waals surface area contributed by atoms with E-state index in [1.807, 2.05) is 11.4 Å². The fourth-order valence-corrected chi connectivity index (χ4v) is 2.32. The van der Waals surface area contributed by atoms with Gasteiger partial charge in [0, 0.05) is 23.5 Å². The van der Waals surface area contributed by atoms with Gasteiger partial charge in [-0.3, -0.25) is 0 Å². The van der Waals surface area contributed by atoms with Crippen LogP contribution >= 0.6 is 36.2 Å². The fraction of sp³-hybridized carbons (Fsp3) is 0.167. The Bertz CT molecular complexity index is 503. The molecule has 2 nitrogen and oxygen atoms in total. The lowest BCUT2D eigenvalue weighted by Gasteiger charge is -2.03. The highest BCUT2D eigenvalue weighted by molar-refractivity contribution is 7.10. The number of benzene rings is 1. The van der Waals surface area contributed by atoms with E-state index in [0.29, 0.717) is 12.1 Å². The summed E-state index contributed by atoms with van der Waals surface area (Å²) in [7, 11) is 0. The van der Waals surface area contributed by atoms with E-state index in [1.165, 1.54) is 6.07 Å². The van der Waals surface area contributed by atoms with Crippen molar-refractivity contribution in [1.29, 1.82) is 0 Å². The Morgan fingerprint density at radius 1 is 1.00 bits per heavy atom. The molecular weight excluding hydrogens is 294 g/mol. The quantitative estimate of drug-likeness (QED) is 0.914. The zero-order chi connectivity index (χ0) is 11.5. The molecule has 2 rings (SSSR count). The van der Waals surface area contributed by atoms with Crippen molar-refractivity contribution >= 4 is 36.2 Å². The van der Waals surface area contributed by atoms with Crippen LogP contribution in [0.3, 0.4) is 0 Å². The molecule has 4 N–H and O–H groups in total. The lowest BCUT2D eigenvalue weighted by atomic mass is 10.1. The van der Waals surface area contributed by atoms with Crippen molar-refractivity contribution in [2.45, 2.75) is 13.1 Å². The molecule has 0 atom stereocenters. The van der Waals surface area contributed by atoms with Crippen LogP contribution < -0.4 is 11.5 Å². The van der Waals surface area contributed by atoms with Gasteiger partial charge >= 0.3 is 0 Å². The molecule has 18 heavy (non-hydrogen) atoms. The predicted molar refractivity (Wildman–Crippen MR) is 80.0 cm³/mol. The molecule has 0 bridgehead atoms. The van der Waals surface area contributed by atoms with Crippen molar-refractivity contribution in [3.8, 4) is 11.1 Å². The summed E-state index contributed by atoms with van der Waals surface area (Å²) in [4.78, 5) is 1.12. The van der Waals surface area contributed by atoms with Crippen LogP contribution in [0.5, 0.6) is 0 Å². The maximum Gasteiger partial charge on any atom is 0.127 e. The predicted octanol–water partition coefficient (Wildman–Crippen LogP) is 3.32. The van der Waals surface area contributed by atoms with Gasteiger partial charge in [0.2, 0.25) is 0 Å². The van der Waals surface area contributed by atoms with Crippen LogP contribution in [0.4, 0.5) is 4.39 Å². The summed E-state index contributed by atoms with van der Waals surface area (Å²) in [6.07, 6.45) is 0. The molecule has 6 heteroatoms. The van der Waals surface area contributed by atoms with Crippen molar-refractivity contribution in [3.63, 3.8) is 0 Å². The molecule has 0 aliphatic heterocycles. The van der Waals surface area contributed by atoms with E-state index >= 15 is 0 Å². The highest BCUT2D eigenvalue weighted by Gasteiger charge is 2.05. The first-order valence-corrected chi connectivity index (χ1v) is 5.89. The Kier molecular flexibility index (Phi) is 7.43. The average Bonchev–Trinajstić information content (AvgIpc) is 2.78. The monoisotopic (exact) mass is 308 g/mol. The van der Waals surface area contributed by atoms with E-state index in [0.717, 1.165) is 16.0 Å². The Morgan fingerprint density at radius 3 is 2.28 bits per heavy atom. The highest BCUT2D eigenvalue weighted by atomic mass is 35.5. The number of thiophene rings is 1. The van der Waals surface area contributed by atoms with E-state index in [1.54, 1.807) is 23.5 Å². The van der Waals surface area contributed by atoms with Gasteiger partial charge in [0.05, 0.1) is 0 Å². The van der Waals surface area contributed by atoms with Gasteiger partial charge in [0.15, 0.2) is 0 Å². The molecule has 1 aromatic carbocycles. The van der Waals surface area contributed by atoms with Crippen molar-refractivity contribution in [2.75, 3.05) is 0 Å². The third-order valence-electron chi connectivity index (χ3n) is 2.45. The molecule has 1 heterocycles. The van der Waals surface area contributed by atoms with Gasteiger partial charge in [-0.25, -0.2) is 4.39 Å². The Hall–Kier alpha value is -0.650. The summed E-state index contributed by atoms with van der Waals surface area (Å²) in [5.41, 5.74) is 13.6. The van der Waals surface area contributed by atoms with Crippen LogP contribution in [-0.2, 0) is 13.1 Å². The van der Waals surface area contributed by atoms with Gasteiger partial charge in [0.1, 0.15) is 5.82 Å². The average molecular weight is 309 g/mol. The molecule has 0 radical (unpaired) electrons. The second kappa shape index (κ2) is 7.71. The largest absolute Gasteiger partial charge is 0.326 e. The van der Waals surface area contributed by atoms with Crippen LogP contribution in [0, 0.1) is 5.82 Å². The van der Waals surface area contributed by atoms with E-state index in [-0.39, 0.29) is 37.2 Å². The van der Waals surface area contributed by atoms with Crippen LogP contribution in [0.15, 0.2) is 29.6 Å². The van der Waals surface area contributed by atoms with Crippen molar-refractivity contribution in [2.24, 2.45) is 11.5 Å². The van der Waals surface area contributed by atoms with Gasteiger partial charge in [-0.15, -0.1) is 36.2 Å². The molecule has 0 spiro atoms. The van der Waals surface area contributed by atoms with Crippen LogP contribution in [0.25, 0.3) is 11.1 Å². The fourth-order valence-electron chi connectivity index (χ4n) is 1.55. The SMILES string of the molecule is Cl.Cl.NCc1cc(-c2ccc(F)c(CN)c2)cs1. The molecule has 0 saturated heterocycles. The van der Waals surface area contributed by atoms with E-state index in [4.69, 9.17) is 11.5 Å². The molecule has 0 unspecified atom stereocenters. The van der Waals surface area contributed by atoms with E-state index in [9.17, 15) is 4.39 Å². The third-order valence-corrected chi connectivity index (χ3v) is 3.41. The molecule has 2 aromatic rings. The second-order valence-electron chi connectivity index (χ2n) is 3.52. The number of hydrogen-bond acceptors (Lipinski definition) is 3. The summed E-state index contributed by atoms with van der Waals surface area (Å²) < 4.78 is 13.3. The second-order valence-corrected chi connectivity index (χ2v) is 4.51. The number of hydrogen-bond donors (Lipinski definition) is 2. The van der Waals surface area contributed by atoms with Gasteiger partial charge < -0.3 is 11.5 Å². The molecule has 0 amide bonds. The third kappa shape index (κ3) is 3.67. The standard InChI is InChI=1S/C12H13FN2S.2ClH/c13-12-2-1-8(3-9(12)5-14)10-4-11(6-15)16-7-10;;/h1-4,7H,5-6,14-15H2;2*1H. The van der Waals surface area contributed by atoms with Gasteiger partial charge in [-0.2, -0.15) is 0 Å². The Balaban J connectivity index is 0.00000144. The molecule has 0 fully saturated rings. The summed E-state index contributed by atoms with van der Waals surface area (Å²) >= 11 is 1.61. The molecule has 0 aliphatic carbocycles.